The molecule has 2 nitrogen and oxygen atoms in total. The van der Waals surface area contributed by atoms with Crippen molar-refractivity contribution in [3.63, 3.8) is 0 Å². The summed E-state index contributed by atoms with van der Waals surface area (Å²) in [5.41, 5.74) is 4.63. The summed E-state index contributed by atoms with van der Waals surface area (Å²) >= 11 is 24.9. The van der Waals surface area contributed by atoms with Crippen molar-refractivity contribution in [1.29, 1.82) is 0 Å². The summed E-state index contributed by atoms with van der Waals surface area (Å²) in [4.78, 5) is 4.81. The number of thiocarbonyl (C=S) groups is 2. The number of nitrogens with zero attached hydrogens (tertiary/aromatic N) is 2. The lowest BCUT2D eigenvalue weighted by atomic mass is 9.94. The van der Waals surface area contributed by atoms with Gasteiger partial charge in [0.1, 0.15) is 4.99 Å². The number of thiol groups is 1. The molecule has 1 aromatic heterocycles. The normalized spacial score (nSPS) is 18.6. The Morgan fingerprint density at radius 1 is 0.833 bits per heavy atom. The zero-order valence-corrected chi connectivity index (χ0v) is 24.1. The number of aromatic nitrogens is 1. The molecule has 1 aliphatic carbocycles. The van der Waals surface area contributed by atoms with Gasteiger partial charge in [-0.2, -0.15) is 0 Å². The Bertz CT molecular complexity index is 1490. The van der Waals surface area contributed by atoms with Crippen LogP contribution >= 0.6 is 72.4 Å². The first-order valence-corrected chi connectivity index (χ1v) is 14.7. The number of thiazole rings is 1. The first-order chi connectivity index (χ1) is 17.5. The number of hydrogen-bond donors (Lipinski definition) is 1. The zero-order chi connectivity index (χ0) is 25.1. The largest absolute Gasteiger partial charge is 0.286 e. The average molecular weight is 579 g/mol. The van der Waals surface area contributed by atoms with Gasteiger partial charge < -0.3 is 0 Å². The summed E-state index contributed by atoms with van der Waals surface area (Å²) in [6.07, 6.45) is 14.1. The van der Waals surface area contributed by atoms with Crippen LogP contribution in [0.4, 0.5) is 5.69 Å². The SMILES string of the molecule is S=C1S/C(=C\C=C2C=C(/C=C/c3sc(=S)n(-c4ccccc4)c3S)CCC\2)C(=S)N1c1ccccc1. The molecule has 0 radical (unpaired) electrons. The fourth-order valence-corrected chi connectivity index (χ4v) is 7.67. The minimum Gasteiger partial charge on any atom is -0.286 e. The Balaban J connectivity index is 1.34. The van der Waals surface area contributed by atoms with Gasteiger partial charge in [0.15, 0.2) is 8.27 Å². The van der Waals surface area contributed by atoms with E-state index in [0.29, 0.717) is 0 Å². The van der Waals surface area contributed by atoms with Crippen LogP contribution in [0.2, 0.25) is 0 Å². The van der Waals surface area contributed by atoms with Crippen LogP contribution in [0.5, 0.6) is 0 Å². The molecule has 0 spiro atoms. The molecular formula is C28H22N2S6. The highest BCUT2D eigenvalue weighted by Gasteiger charge is 2.29. The Labute approximate surface area is 241 Å². The predicted molar refractivity (Wildman–Crippen MR) is 171 cm³/mol. The van der Waals surface area contributed by atoms with Crippen molar-refractivity contribution in [2.45, 2.75) is 24.3 Å². The van der Waals surface area contributed by atoms with Gasteiger partial charge in [0.2, 0.25) is 0 Å². The minimum absolute atomic E-state index is 0.762. The van der Waals surface area contributed by atoms with Crippen molar-refractivity contribution < 1.29 is 0 Å². The van der Waals surface area contributed by atoms with Crippen LogP contribution in [0.25, 0.3) is 11.8 Å². The molecule has 2 aliphatic rings. The first kappa shape index (κ1) is 25.6. The van der Waals surface area contributed by atoms with Gasteiger partial charge in [0.05, 0.1) is 9.90 Å². The molecule has 36 heavy (non-hydrogen) atoms. The maximum absolute atomic E-state index is 5.74. The molecule has 1 aliphatic heterocycles. The summed E-state index contributed by atoms with van der Waals surface area (Å²) in [7, 11) is 0. The number of anilines is 1. The third kappa shape index (κ3) is 5.59. The Morgan fingerprint density at radius 2 is 1.53 bits per heavy atom. The van der Waals surface area contributed by atoms with Crippen LogP contribution in [0.15, 0.2) is 106 Å². The monoisotopic (exact) mass is 578 g/mol. The molecule has 3 aromatic rings. The van der Waals surface area contributed by atoms with Crippen molar-refractivity contribution in [2.75, 3.05) is 4.90 Å². The van der Waals surface area contributed by atoms with Crippen molar-refractivity contribution in [2.24, 2.45) is 0 Å². The second-order valence-corrected chi connectivity index (χ2v) is 12.4. The Morgan fingerprint density at radius 3 is 2.25 bits per heavy atom. The zero-order valence-electron chi connectivity index (χ0n) is 19.2. The van der Waals surface area contributed by atoms with Crippen LogP contribution in [-0.4, -0.2) is 13.9 Å². The highest BCUT2D eigenvalue weighted by atomic mass is 32.2. The number of rotatable bonds is 5. The maximum atomic E-state index is 5.74. The van der Waals surface area contributed by atoms with E-state index in [1.165, 1.54) is 11.1 Å². The maximum Gasteiger partial charge on any atom is 0.167 e. The third-order valence-corrected chi connectivity index (χ3v) is 9.64. The lowest BCUT2D eigenvalue weighted by Gasteiger charge is -2.16. The second kappa shape index (κ2) is 11.5. The van der Waals surface area contributed by atoms with E-state index in [9.17, 15) is 0 Å². The summed E-state index contributed by atoms with van der Waals surface area (Å²) in [6, 6.07) is 20.2. The summed E-state index contributed by atoms with van der Waals surface area (Å²) in [5, 5.41) is 0.870. The smallest absolute Gasteiger partial charge is 0.167 e. The molecule has 0 N–H and O–H groups in total. The van der Waals surface area contributed by atoms with E-state index in [2.05, 4.69) is 30.4 Å². The average Bonchev–Trinajstić information content (AvgIpc) is 3.35. The molecule has 1 saturated heterocycles. The van der Waals surface area contributed by atoms with Gasteiger partial charge in [0.25, 0.3) is 0 Å². The molecule has 2 heterocycles. The highest BCUT2D eigenvalue weighted by molar-refractivity contribution is 8.28. The van der Waals surface area contributed by atoms with Crippen LogP contribution in [0.1, 0.15) is 24.1 Å². The molecular weight excluding hydrogens is 557 g/mol. The molecule has 180 valence electrons. The van der Waals surface area contributed by atoms with Crippen molar-refractivity contribution in [3.8, 4) is 5.69 Å². The number of thioether (sulfide) groups is 1. The number of para-hydroxylation sites is 2. The lowest BCUT2D eigenvalue weighted by Crippen LogP contribution is -2.25. The van der Waals surface area contributed by atoms with Crippen molar-refractivity contribution >= 4 is 93.5 Å². The highest BCUT2D eigenvalue weighted by Crippen LogP contribution is 2.36. The molecule has 0 atom stereocenters. The standard InChI is InChI=1S/C28H22N2S6/c31-25-23(35-27(33)29(25)21-10-3-1-4-11-21)16-14-19-8-7-9-20(18-19)15-17-24-26(32)30(28(34)36-24)22-12-5-2-6-13-22/h1-6,10-18,31H,7-9H2/b16-14+,20-15+,24-17-. The van der Waals surface area contributed by atoms with E-state index in [-0.39, 0.29) is 0 Å². The van der Waals surface area contributed by atoms with Gasteiger partial charge in [0, 0.05) is 16.3 Å². The Kier molecular flexibility index (Phi) is 8.20. The fourth-order valence-electron chi connectivity index (χ4n) is 4.08. The minimum atomic E-state index is 0.762. The van der Waals surface area contributed by atoms with Crippen LogP contribution in [0, 0.1) is 3.95 Å². The summed E-state index contributed by atoms with van der Waals surface area (Å²) in [5.74, 6) is 0. The molecule has 0 unspecified atom stereocenters. The number of hydrogen-bond acceptors (Lipinski definition) is 6. The molecule has 0 saturated carbocycles. The van der Waals surface area contributed by atoms with E-state index in [1.807, 2.05) is 70.1 Å². The van der Waals surface area contributed by atoms with Gasteiger partial charge in [-0.3, -0.25) is 9.47 Å². The molecule has 0 bridgehead atoms. The van der Waals surface area contributed by atoms with Crippen molar-refractivity contribution in [3.05, 3.63) is 110 Å². The van der Waals surface area contributed by atoms with Gasteiger partial charge in [-0.1, -0.05) is 90.8 Å². The van der Waals surface area contributed by atoms with Gasteiger partial charge >= 0.3 is 0 Å². The first-order valence-electron chi connectivity index (χ1n) is 11.4. The van der Waals surface area contributed by atoms with Crippen molar-refractivity contribution in [1.82, 2.24) is 4.57 Å². The van der Waals surface area contributed by atoms with Gasteiger partial charge in [-0.25, -0.2) is 0 Å². The van der Waals surface area contributed by atoms with Crippen LogP contribution in [-0.2, 0) is 0 Å². The number of allylic oxidation sites excluding steroid dienone is 6. The van der Waals surface area contributed by atoms with E-state index in [4.69, 9.17) is 49.3 Å². The fraction of sp³-hybridized carbons (Fsp3) is 0.107. The van der Waals surface area contributed by atoms with Gasteiger partial charge in [-0.05, 0) is 79.0 Å². The van der Waals surface area contributed by atoms with E-state index in [1.54, 1.807) is 23.1 Å². The molecule has 1 fully saturated rings. The molecule has 2 aromatic carbocycles. The Hall–Kier alpha value is -2.07. The quantitative estimate of drug-likeness (QED) is 0.183. The van der Waals surface area contributed by atoms with Gasteiger partial charge in [-0.15, -0.1) is 24.0 Å². The van der Waals surface area contributed by atoms with E-state index in [0.717, 1.165) is 58.7 Å². The number of benzene rings is 2. The van der Waals surface area contributed by atoms with E-state index < -0.39 is 0 Å². The molecule has 5 rings (SSSR count). The summed E-state index contributed by atoms with van der Waals surface area (Å²) < 4.78 is 3.58. The van der Waals surface area contributed by atoms with Crippen LogP contribution < -0.4 is 4.90 Å². The lowest BCUT2D eigenvalue weighted by molar-refractivity contribution is 0.798. The summed E-state index contributed by atoms with van der Waals surface area (Å²) in [6.45, 7) is 0. The third-order valence-electron chi connectivity index (χ3n) is 5.83. The second-order valence-electron chi connectivity index (χ2n) is 8.25. The predicted octanol–water partition coefficient (Wildman–Crippen LogP) is 9.36. The molecule has 0 amide bonds. The van der Waals surface area contributed by atoms with E-state index >= 15 is 0 Å². The molecule has 8 heteroatoms. The topological polar surface area (TPSA) is 8.17 Å². The van der Waals surface area contributed by atoms with Crippen LogP contribution in [0.3, 0.4) is 0 Å².